The molecular weight excluding hydrogens is 216 g/mol. The molecule has 1 amide bonds. The fraction of sp³-hybridized carbons (Fsp3) is 0.625. The van der Waals surface area contributed by atoms with E-state index in [1.54, 1.807) is 11.8 Å². The van der Waals surface area contributed by atoms with Crippen molar-refractivity contribution in [1.82, 2.24) is 15.1 Å². The van der Waals surface area contributed by atoms with Crippen molar-refractivity contribution in [1.29, 1.82) is 0 Å². The first-order chi connectivity index (χ1) is 6.98. The van der Waals surface area contributed by atoms with E-state index in [4.69, 9.17) is 5.73 Å². The molecule has 7 heteroatoms. The molecule has 3 N–H and O–H groups in total. The van der Waals surface area contributed by atoms with Gasteiger partial charge in [-0.1, -0.05) is 11.3 Å². The summed E-state index contributed by atoms with van der Waals surface area (Å²) < 4.78 is 0. The maximum absolute atomic E-state index is 11.8. The minimum Gasteiger partial charge on any atom is -0.388 e. The molecule has 0 aliphatic carbocycles. The molecule has 0 bridgehead atoms. The largest absolute Gasteiger partial charge is 0.388 e. The van der Waals surface area contributed by atoms with Gasteiger partial charge in [0.05, 0.1) is 5.60 Å². The number of carbonyl (C=O) groups is 1. The third kappa shape index (κ3) is 2.07. The molecule has 1 atom stereocenters. The second-order valence-electron chi connectivity index (χ2n) is 3.92. The van der Waals surface area contributed by atoms with Crippen LogP contribution < -0.4 is 5.73 Å². The molecule has 1 aromatic heterocycles. The smallest absolute Gasteiger partial charge is 0.285 e. The van der Waals surface area contributed by atoms with Gasteiger partial charge in [0.1, 0.15) is 0 Å². The van der Waals surface area contributed by atoms with Crippen molar-refractivity contribution in [3.63, 3.8) is 0 Å². The highest BCUT2D eigenvalue weighted by Gasteiger charge is 2.35. The van der Waals surface area contributed by atoms with Crippen LogP contribution in [0.2, 0.25) is 0 Å². The normalized spacial score (nSPS) is 25.9. The molecule has 1 unspecified atom stereocenters. The van der Waals surface area contributed by atoms with E-state index in [-0.39, 0.29) is 16.0 Å². The Bertz CT molecular complexity index is 390. The van der Waals surface area contributed by atoms with Gasteiger partial charge in [-0.2, -0.15) is 0 Å². The van der Waals surface area contributed by atoms with Gasteiger partial charge in [-0.15, -0.1) is 10.2 Å². The van der Waals surface area contributed by atoms with Crippen molar-refractivity contribution < 1.29 is 9.90 Å². The molecule has 6 nitrogen and oxygen atoms in total. The number of likely N-dealkylation sites (tertiary alicyclic amines) is 1. The van der Waals surface area contributed by atoms with Crippen LogP contribution in [0.1, 0.15) is 23.1 Å². The Balaban J connectivity index is 2.10. The van der Waals surface area contributed by atoms with E-state index in [9.17, 15) is 9.90 Å². The van der Waals surface area contributed by atoms with Gasteiger partial charge in [-0.05, 0) is 13.3 Å². The van der Waals surface area contributed by atoms with E-state index in [1.165, 1.54) is 0 Å². The van der Waals surface area contributed by atoms with Crippen LogP contribution in [-0.4, -0.2) is 44.8 Å². The van der Waals surface area contributed by atoms with Crippen LogP contribution in [-0.2, 0) is 0 Å². The maximum atomic E-state index is 11.8. The molecular formula is C8H12N4O2S. The van der Waals surface area contributed by atoms with E-state index in [0.29, 0.717) is 19.5 Å². The van der Waals surface area contributed by atoms with Crippen LogP contribution in [0.25, 0.3) is 0 Å². The lowest BCUT2D eigenvalue weighted by atomic mass is 10.1. The summed E-state index contributed by atoms with van der Waals surface area (Å²) in [5.74, 6) is -0.207. The standard InChI is InChI=1S/C8H12N4O2S/c1-8(14)2-3-12(4-8)6(13)5-10-11-7(9)15-5/h14H,2-4H2,1H3,(H2,9,11). The number of rotatable bonds is 1. The zero-order valence-electron chi connectivity index (χ0n) is 8.30. The Morgan fingerprint density at radius 3 is 2.87 bits per heavy atom. The van der Waals surface area contributed by atoms with Crippen LogP contribution in [0.15, 0.2) is 0 Å². The number of hydrogen-bond donors (Lipinski definition) is 2. The van der Waals surface area contributed by atoms with Crippen LogP contribution in [0.5, 0.6) is 0 Å². The van der Waals surface area contributed by atoms with Crippen LogP contribution in [0.3, 0.4) is 0 Å². The number of aliphatic hydroxyl groups is 1. The van der Waals surface area contributed by atoms with Crippen molar-refractivity contribution in [2.45, 2.75) is 18.9 Å². The zero-order chi connectivity index (χ0) is 11.1. The van der Waals surface area contributed by atoms with Crippen molar-refractivity contribution in [3.8, 4) is 0 Å². The van der Waals surface area contributed by atoms with Crippen molar-refractivity contribution >= 4 is 22.4 Å². The summed E-state index contributed by atoms with van der Waals surface area (Å²) in [4.78, 5) is 13.4. The highest BCUT2D eigenvalue weighted by atomic mass is 32.1. The lowest BCUT2D eigenvalue weighted by Gasteiger charge is -2.17. The molecule has 1 aliphatic rings. The molecule has 1 saturated heterocycles. The second-order valence-corrected chi connectivity index (χ2v) is 4.93. The molecule has 1 aliphatic heterocycles. The first-order valence-corrected chi connectivity index (χ1v) is 5.40. The van der Waals surface area contributed by atoms with Gasteiger partial charge in [-0.3, -0.25) is 4.79 Å². The lowest BCUT2D eigenvalue weighted by molar-refractivity contribution is 0.0571. The summed E-state index contributed by atoms with van der Waals surface area (Å²) >= 11 is 1.07. The summed E-state index contributed by atoms with van der Waals surface area (Å²) in [5.41, 5.74) is 4.61. The minimum absolute atomic E-state index is 0.207. The molecule has 82 valence electrons. The number of hydrogen-bond acceptors (Lipinski definition) is 6. The third-order valence-corrected chi connectivity index (χ3v) is 3.10. The zero-order valence-corrected chi connectivity index (χ0v) is 9.12. The highest BCUT2D eigenvalue weighted by Crippen LogP contribution is 2.23. The molecule has 15 heavy (non-hydrogen) atoms. The highest BCUT2D eigenvalue weighted by molar-refractivity contribution is 7.16. The van der Waals surface area contributed by atoms with Gasteiger partial charge in [0, 0.05) is 13.1 Å². The number of nitrogens with zero attached hydrogens (tertiary/aromatic N) is 3. The Labute approximate surface area is 90.7 Å². The van der Waals surface area contributed by atoms with Gasteiger partial charge in [0.15, 0.2) is 0 Å². The van der Waals surface area contributed by atoms with E-state index >= 15 is 0 Å². The predicted molar refractivity (Wildman–Crippen MR) is 55.5 cm³/mol. The van der Waals surface area contributed by atoms with Gasteiger partial charge in [-0.25, -0.2) is 0 Å². The first-order valence-electron chi connectivity index (χ1n) is 4.59. The van der Waals surface area contributed by atoms with Crippen molar-refractivity contribution in [3.05, 3.63) is 5.01 Å². The van der Waals surface area contributed by atoms with E-state index in [0.717, 1.165) is 11.3 Å². The molecule has 1 aromatic rings. The molecule has 2 rings (SSSR count). The Hall–Kier alpha value is -1.21. The average Bonchev–Trinajstić information content (AvgIpc) is 2.71. The molecule has 0 spiro atoms. The van der Waals surface area contributed by atoms with Crippen LogP contribution >= 0.6 is 11.3 Å². The monoisotopic (exact) mass is 228 g/mol. The Morgan fingerprint density at radius 2 is 2.40 bits per heavy atom. The quantitative estimate of drug-likeness (QED) is 0.689. The fourth-order valence-corrected chi connectivity index (χ4v) is 2.15. The van der Waals surface area contributed by atoms with Gasteiger partial charge in [0.2, 0.25) is 10.1 Å². The Kier molecular flexibility index (Phi) is 2.35. The van der Waals surface area contributed by atoms with Crippen LogP contribution in [0, 0.1) is 0 Å². The first kappa shape index (κ1) is 10.3. The number of aromatic nitrogens is 2. The average molecular weight is 228 g/mol. The number of carbonyl (C=O) groups excluding carboxylic acids is 1. The summed E-state index contributed by atoms with van der Waals surface area (Å²) in [6.45, 7) is 2.60. The van der Waals surface area contributed by atoms with Gasteiger partial charge >= 0.3 is 0 Å². The molecule has 1 fully saturated rings. The van der Waals surface area contributed by atoms with E-state index in [1.807, 2.05) is 0 Å². The summed E-state index contributed by atoms with van der Waals surface area (Å²) in [7, 11) is 0. The Morgan fingerprint density at radius 1 is 1.67 bits per heavy atom. The number of nitrogens with two attached hydrogens (primary N) is 1. The fourth-order valence-electron chi connectivity index (χ4n) is 1.57. The molecule has 0 radical (unpaired) electrons. The van der Waals surface area contributed by atoms with Crippen LogP contribution in [0.4, 0.5) is 5.13 Å². The summed E-state index contributed by atoms with van der Waals surface area (Å²) in [5, 5.41) is 17.5. The van der Waals surface area contributed by atoms with Crippen molar-refractivity contribution in [2.75, 3.05) is 18.8 Å². The van der Waals surface area contributed by atoms with Crippen molar-refractivity contribution in [2.24, 2.45) is 0 Å². The summed E-state index contributed by atoms with van der Waals surface area (Å²) in [6.07, 6.45) is 0.590. The second kappa shape index (κ2) is 3.42. The number of nitrogen functional groups attached to an aromatic ring is 1. The number of β-amino-alcohol motifs (C(OH)–C–C–N with tert-alkyl or cyclic N) is 1. The molecule has 2 heterocycles. The maximum Gasteiger partial charge on any atom is 0.285 e. The van der Waals surface area contributed by atoms with E-state index < -0.39 is 5.60 Å². The third-order valence-electron chi connectivity index (χ3n) is 2.36. The lowest BCUT2D eigenvalue weighted by Crippen LogP contribution is -2.33. The number of amides is 1. The SMILES string of the molecule is CC1(O)CCN(C(=O)c2nnc(N)s2)C1. The van der Waals surface area contributed by atoms with E-state index in [2.05, 4.69) is 10.2 Å². The van der Waals surface area contributed by atoms with Gasteiger partial charge in [0.25, 0.3) is 5.91 Å². The molecule has 0 aromatic carbocycles. The molecule has 0 saturated carbocycles. The van der Waals surface area contributed by atoms with Gasteiger partial charge < -0.3 is 15.7 Å². The number of anilines is 1. The predicted octanol–water partition coefficient (Wildman–Crippen LogP) is -0.283. The topological polar surface area (TPSA) is 92.3 Å². The minimum atomic E-state index is -0.786. The summed E-state index contributed by atoms with van der Waals surface area (Å²) in [6, 6.07) is 0.